The summed E-state index contributed by atoms with van der Waals surface area (Å²) in [5.41, 5.74) is 2.06. The number of piperazine rings is 1. The van der Waals surface area contributed by atoms with Crippen molar-refractivity contribution in [2.75, 3.05) is 19.6 Å². The van der Waals surface area contributed by atoms with Gasteiger partial charge >= 0.3 is 0 Å². The van der Waals surface area contributed by atoms with Gasteiger partial charge in [-0.25, -0.2) is 0 Å². The topological polar surface area (TPSA) is 77.0 Å². The molecule has 6 rings (SSSR count). The molecule has 0 saturated carbocycles. The minimum atomic E-state index is -0.793. The number of likely N-dealkylation sites (tertiary alicyclic amines) is 1. The fourth-order valence-electron chi connectivity index (χ4n) is 5.73. The number of aliphatic hydroxyl groups excluding tert-OH is 1. The van der Waals surface area contributed by atoms with E-state index in [0.717, 1.165) is 22.0 Å². The van der Waals surface area contributed by atoms with E-state index in [1.165, 1.54) is 4.90 Å². The Labute approximate surface area is 202 Å². The number of nitrogens with zero attached hydrogens (tertiary/aromatic N) is 4. The van der Waals surface area contributed by atoms with Gasteiger partial charge in [-0.3, -0.25) is 29.3 Å². The van der Waals surface area contributed by atoms with Crippen LogP contribution < -0.4 is 0 Å². The van der Waals surface area contributed by atoms with Gasteiger partial charge in [0.05, 0.1) is 24.2 Å². The molecule has 2 amide bonds. The number of hydrogen-bond acceptors (Lipinski definition) is 6. The number of amides is 2. The molecule has 3 aromatic rings. The number of rotatable bonds is 4. The second-order valence-electron chi connectivity index (χ2n) is 9.63. The number of carbonyl (C=O) groups is 2. The summed E-state index contributed by atoms with van der Waals surface area (Å²) in [7, 11) is 0. The lowest BCUT2D eigenvalue weighted by Gasteiger charge is -2.58. The first kappa shape index (κ1) is 21.7. The van der Waals surface area contributed by atoms with E-state index in [4.69, 9.17) is 11.6 Å². The van der Waals surface area contributed by atoms with Crippen LogP contribution in [0.4, 0.5) is 0 Å². The zero-order valence-corrected chi connectivity index (χ0v) is 19.4. The zero-order chi connectivity index (χ0) is 23.4. The van der Waals surface area contributed by atoms with Crippen LogP contribution in [0.5, 0.6) is 0 Å². The molecule has 0 bridgehead atoms. The minimum Gasteiger partial charge on any atom is -0.392 e. The predicted molar refractivity (Wildman–Crippen MR) is 128 cm³/mol. The second-order valence-corrected chi connectivity index (χ2v) is 10.1. The predicted octanol–water partition coefficient (Wildman–Crippen LogP) is 2.45. The Kier molecular flexibility index (Phi) is 5.18. The van der Waals surface area contributed by atoms with Crippen molar-refractivity contribution in [1.82, 2.24) is 19.7 Å². The first-order valence-electron chi connectivity index (χ1n) is 11.5. The van der Waals surface area contributed by atoms with E-state index in [1.807, 2.05) is 47.5 Å². The maximum Gasteiger partial charge on any atom is 0.252 e. The van der Waals surface area contributed by atoms with Gasteiger partial charge in [0.1, 0.15) is 5.54 Å². The largest absolute Gasteiger partial charge is 0.392 e. The van der Waals surface area contributed by atoms with Gasteiger partial charge in [-0.2, -0.15) is 0 Å². The summed E-state index contributed by atoms with van der Waals surface area (Å²) in [6.07, 6.45) is 1.63. The molecule has 3 aliphatic heterocycles. The van der Waals surface area contributed by atoms with Crippen LogP contribution in [0, 0.1) is 0 Å². The molecule has 1 N–H and O–H groups in total. The van der Waals surface area contributed by atoms with Gasteiger partial charge in [-0.1, -0.05) is 41.9 Å². The lowest BCUT2D eigenvalue weighted by Crippen LogP contribution is -2.81. The third-order valence-corrected chi connectivity index (χ3v) is 7.51. The molecule has 4 heterocycles. The Morgan fingerprint density at radius 1 is 1.03 bits per heavy atom. The number of para-hydroxylation sites is 1. The molecule has 2 atom stereocenters. The molecule has 8 heteroatoms. The van der Waals surface area contributed by atoms with E-state index >= 15 is 0 Å². The molecule has 3 saturated heterocycles. The van der Waals surface area contributed by atoms with E-state index in [1.54, 1.807) is 12.1 Å². The summed E-state index contributed by atoms with van der Waals surface area (Å²) in [6, 6.07) is 16.9. The Morgan fingerprint density at radius 2 is 1.85 bits per heavy atom. The van der Waals surface area contributed by atoms with Crippen molar-refractivity contribution in [3.05, 3.63) is 76.9 Å². The van der Waals surface area contributed by atoms with E-state index in [2.05, 4.69) is 16.0 Å². The Balaban J connectivity index is 1.25. The van der Waals surface area contributed by atoms with E-state index in [9.17, 15) is 14.7 Å². The SMILES string of the molecule is O=C1[C@@H]2C[C@@H](O)CN2C2(CN(Cc3cnc4ccccc4c3)C2)C(=O)N1Cc1cccc(Cl)c1. The van der Waals surface area contributed by atoms with Crippen molar-refractivity contribution in [2.24, 2.45) is 0 Å². The molecule has 174 valence electrons. The molecule has 0 unspecified atom stereocenters. The average molecular weight is 477 g/mol. The molecule has 3 fully saturated rings. The van der Waals surface area contributed by atoms with Crippen LogP contribution >= 0.6 is 11.6 Å². The van der Waals surface area contributed by atoms with Crippen molar-refractivity contribution in [2.45, 2.75) is 37.2 Å². The third kappa shape index (κ3) is 3.51. The summed E-state index contributed by atoms with van der Waals surface area (Å²) in [5.74, 6) is -0.417. The van der Waals surface area contributed by atoms with Gasteiger partial charge in [0.25, 0.3) is 5.91 Å². The Morgan fingerprint density at radius 3 is 2.68 bits per heavy atom. The van der Waals surface area contributed by atoms with E-state index < -0.39 is 17.7 Å². The van der Waals surface area contributed by atoms with Gasteiger partial charge < -0.3 is 5.11 Å². The number of fused-ring (bicyclic) bond motifs is 3. The fourth-order valence-corrected chi connectivity index (χ4v) is 5.94. The number of β-amino-alcohol motifs (C(OH)–C–C–N with tert-alkyl or cyclic N) is 1. The number of pyridine rings is 1. The molecular weight excluding hydrogens is 452 g/mol. The highest BCUT2D eigenvalue weighted by Gasteiger charge is 2.64. The maximum atomic E-state index is 13.8. The van der Waals surface area contributed by atoms with Crippen LogP contribution in [0.15, 0.2) is 60.8 Å². The van der Waals surface area contributed by atoms with Crippen molar-refractivity contribution in [3.8, 4) is 0 Å². The van der Waals surface area contributed by atoms with Crippen LogP contribution in [-0.2, 0) is 22.7 Å². The number of aromatic nitrogens is 1. The summed E-state index contributed by atoms with van der Waals surface area (Å²) in [5, 5.41) is 12.0. The average Bonchev–Trinajstić information content (AvgIpc) is 3.20. The van der Waals surface area contributed by atoms with Crippen LogP contribution in [-0.4, -0.2) is 73.9 Å². The monoisotopic (exact) mass is 476 g/mol. The van der Waals surface area contributed by atoms with Crippen molar-refractivity contribution >= 4 is 34.3 Å². The van der Waals surface area contributed by atoms with Crippen molar-refractivity contribution < 1.29 is 14.7 Å². The highest BCUT2D eigenvalue weighted by molar-refractivity contribution is 6.30. The van der Waals surface area contributed by atoms with Crippen LogP contribution in [0.1, 0.15) is 17.5 Å². The highest BCUT2D eigenvalue weighted by Crippen LogP contribution is 2.41. The number of benzene rings is 2. The zero-order valence-electron chi connectivity index (χ0n) is 18.6. The Hall–Kier alpha value is -2.84. The van der Waals surface area contributed by atoms with Crippen LogP contribution in [0.3, 0.4) is 0 Å². The summed E-state index contributed by atoms with van der Waals surface area (Å²) in [4.78, 5) is 37.1. The second kappa shape index (κ2) is 8.13. The maximum absolute atomic E-state index is 13.8. The van der Waals surface area contributed by atoms with Crippen LogP contribution in [0.25, 0.3) is 10.9 Å². The first-order chi connectivity index (χ1) is 16.4. The Bertz CT molecular complexity index is 1290. The molecule has 1 aromatic heterocycles. The first-order valence-corrected chi connectivity index (χ1v) is 11.9. The fraction of sp³-hybridized carbons (Fsp3) is 0.346. The molecule has 0 aliphatic carbocycles. The molecule has 1 spiro atoms. The van der Waals surface area contributed by atoms with Crippen LogP contribution in [0.2, 0.25) is 5.02 Å². The van der Waals surface area contributed by atoms with Gasteiger partial charge in [-0.15, -0.1) is 0 Å². The van der Waals surface area contributed by atoms with Crippen molar-refractivity contribution in [1.29, 1.82) is 0 Å². The third-order valence-electron chi connectivity index (χ3n) is 7.28. The van der Waals surface area contributed by atoms with E-state index in [-0.39, 0.29) is 18.4 Å². The number of carbonyl (C=O) groups excluding carboxylic acids is 2. The molecule has 0 radical (unpaired) electrons. The van der Waals surface area contributed by atoms with Gasteiger partial charge in [0, 0.05) is 42.8 Å². The van der Waals surface area contributed by atoms with E-state index in [0.29, 0.717) is 37.6 Å². The summed E-state index contributed by atoms with van der Waals surface area (Å²) in [6.45, 7) is 2.24. The lowest BCUT2D eigenvalue weighted by atomic mass is 9.82. The molecule has 2 aromatic carbocycles. The molecular formula is C26H25ClN4O3. The number of halogens is 1. The van der Waals surface area contributed by atoms with Gasteiger partial charge in [0.15, 0.2) is 0 Å². The summed E-state index contributed by atoms with van der Waals surface area (Å²) >= 11 is 6.13. The standard InChI is InChI=1S/C26H25ClN4O3/c27-20-6-3-4-17(9-20)13-30-24(33)23-10-21(32)14-31(23)26(25(30)34)15-29(16-26)12-18-8-19-5-1-2-7-22(19)28-11-18/h1-9,11,21,23,32H,10,12-16H2/t21-,23+/m1/s1. The quantitative estimate of drug-likeness (QED) is 0.583. The number of imide groups is 1. The molecule has 7 nitrogen and oxygen atoms in total. The molecule has 3 aliphatic rings. The number of hydrogen-bond donors (Lipinski definition) is 1. The molecule has 34 heavy (non-hydrogen) atoms. The lowest BCUT2D eigenvalue weighted by molar-refractivity contribution is -0.181. The van der Waals surface area contributed by atoms with Crippen molar-refractivity contribution in [3.63, 3.8) is 0 Å². The van der Waals surface area contributed by atoms with Gasteiger partial charge in [-0.05, 0) is 41.8 Å². The summed E-state index contributed by atoms with van der Waals surface area (Å²) < 4.78 is 0. The normalized spacial score (nSPS) is 24.6. The van der Waals surface area contributed by atoms with Gasteiger partial charge in [0.2, 0.25) is 5.91 Å². The highest BCUT2D eigenvalue weighted by atomic mass is 35.5. The minimum absolute atomic E-state index is 0.185. The smallest absolute Gasteiger partial charge is 0.252 e. The number of aliphatic hydroxyl groups is 1.